The minimum Gasteiger partial charge on any atom is -0.355 e. The highest BCUT2D eigenvalue weighted by Gasteiger charge is 2.11. The van der Waals surface area contributed by atoms with Crippen LogP contribution in [0.1, 0.15) is 5.69 Å². The number of hydrogen-bond donors (Lipinski definition) is 2. The van der Waals surface area contributed by atoms with E-state index in [1.165, 1.54) is 0 Å². The van der Waals surface area contributed by atoms with Gasteiger partial charge in [0.05, 0.1) is 17.0 Å². The normalized spacial score (nSPS) is 10.6. The molecule has 0 aliphatic heterocycles. The van der Waals surface area contributed by atoms with Crippen LogP contribution in [-0.2, 0) is 11.2 Å². The number of rotatable bonds is 5. The van der Waals surface area contributed by atoms with Crippen LogP contribution in [0.3, 0.4) is 0 Å². The van der Waals surface area contributed by atoms with E-state index in [1.54, 1.807) is 22.7 Å². The number of thiazole rings is 1. The first kappa shape index (κ1) is 14.0. The summed E-state index contributed by atoms with van der Waals surface area (Å²) < 4.78 is 1.05. The second-order valence-corrected chi connectivity index (χ2v) is 6.57. The molecule has 0 unspecified atom stereocenters. The molecule has 2 heterocycles. The van der Waals surface area contributed by atoms with E-state index in [2.05, 4.69) is 38.9 Å². The number of aromatic nitrogens is 1. The molecule has 2 rings (SSSR count). The molecule has 0 saturated heterocycles. The second-order valence-electron chi connectivity index (χ2n) is 3.49. The van der Waals surface area contributed by atoms with Gasteiger partial charge < -0.3 is 5.32 Å². The van der Waals surface area contributed by atoms with Crippen molar-refractivity contribution in [1.29, 1.82) is 0 Å². The van der Waals surface area contributed by atoms with Crippen LogP contribution in [0.2, 0.25) is 0 Å². The first-order valence-corrected chi connectivity index (χ1v) is 8.44. The van der Waals surface area contributed by atoms with E-state index in [1.807, 2.05) is 16.8 Å². The van der Waals surface area contributed by atoms with Crippen molar-refractivity contribution in [3.05, 3.63) is 27.0 Å². The van der Waals surface area contributed by atoms with Crippen LogP contribution in [0, 0.1) is 0 Å². The molecular formula is C11H11BrN2OS3. The average molecular weight is 363 g/mol. The van der Waals surface area contributed by atoms with Crippen molar-refractivity contribution >= 4 is 57.1 Å². The fourth-order valence-electron chi connectivity index (χ4n) is 1.36. The van der Waals surface area contributed by atoms with E-state index in [0.29, 0.717) is 18.7 Å². The lowest BCUT2D eigenvalue weighted by Gasteiger charge is -2.00. The third-order valence-corrected chi connectivity index (χ3v) is 5.24. The zero-order chi connectivity index (χ0) is 13.0. The highest BCUT2D eigenvalue weighted by molar-refractivity contribution is 9.10. The van der Waals surface area contributed by atoms with Crippen LogP contribution < -0.4 is 5.32 Å². The Labute approximate surface area is 127 Å². The van der Waals surface area contributed by atoms with Gasteiger partial charge in [0.1, 0.15) is 5.01 Å². The molecule has 0 saturated carbocycles. The van der Waals surface area contributed by atoms with Gasteiger partial charge in [-0.25, -0.2) is 4.98 Å². The van der Waals surface area contributed by atoms with Gasteiger partial charge in [-0.15, -0.1) is 22.7 Å². The number of carbonyl (C=O) groups is 1. The van der Waals surface area contributed by atoms with Crippen LogP contribution in [-0.4, -0.2) is 23.2 Å². The number of halogens is 1. The highest BCUT2D eigenvalue weighted by Crippen LogP contribution is 2.35. The third kappa shape index (κ3) is 3.57. The van der Waals surface area contributed by atoms with Crippen molar-refractivity contribution in [2.24, 2.45) is 0 Å². The predicted molar refractivity (Wildman–Crippen MR) is 83.7 cm³/mol. The van der Waals surface area contributed by atoms with Crippen LogP contribution in [0.4, 0.5) is 0 Å². The van der Waals surface area contributed by atoms with Gasteiger partial charge in [-0.05, 0) is 27.4 Å². The molecule has 3 nitrogen and oxygen atoms in total. The number of nitrogens with one attached hydrogen (secondary N) is 1. The van der Waals surface area contributed by atoms with Gasteiger partial charge in [-0.3, -0.25) is 4.79 Å². The molecule has 0 aliphatic rings. The molecule has 18 heavy (non-hydrogen) atoms. The lowest BCUT2D eigenvalue weighted by Crippen LogP contribution is -2.26. The number of thiophene rings is 1. The Morgan fingerprint density at radius 2 is 2.33 bits per heavy atom. The quantitative estimate of drug-likeness (QED) is 0.801. The number of carbonyl (C=O) groups excluding carboxylic acids is 1. The SMILES string of the molecule is O=C(Cc1csc(-c2sccc2Br)n1)NCCS. The van der Waals surface area contributed by atoms with E-state index in [-0.39, 0.29) is 5.91 Å². The van der Waals surface area contributed by atoms with Crippen LogP contribution in [0.15, 0.2) is 21.3 Å². The number of hydrogen-bond acceptors (Lipinski definition) is 5. The average Bonchev–Trinajstić information content (AvgIpc) is 2.95. The zero-order valence-corrected chi connectivity index (χ0v) is 13.5. The maximum Gasteiger partial charge on any atom is 0.226 e. The summed E-state index contributed by atoms with van der Waals surface area (Å²) in [5.74, 6) is 0.641. The minimum absolute atomic E-state index is 0.00820. The smallest absolute Gasteiger partial charge is 0.226 e. The molecule has 0 spiro atoms. The van der Waals surface area contributed by atoms with Gasteiger partial charge in [0.2, 0.25) is 5.91 Å². The molecule has 0 fully saturated rings. The molecular weight excluding hydrogens is 352 g/mol. The maximum atomic E-state index is 11.5. The molecule has 1 N–H and O–H groups in total. The minimum atomic E-state index is -0.00820. The summed E-state index contributed by atoms with van der Waals surface area (Å²) in [7, 11) is 0. The summed E-state index contributed by atoms with van der Waals surface area (Å²) >= 11 is 10.7. The van der Waals surface area contributed by atoms with Crippen LogP contribution in [0.5, 0.6) is 0 Å². The summed E-state index contributed by atoms with van der Waals surface area (Å²) in [4.78, 5) is 17.1. The summed E-state index contributed by atoms with van der Waals surface area (Å²) in [6, 6.07) is 2.00. The van der Waals surface area contributed by atoms with E-state index in [4.69, 9.17) is 0 Å². The van der Waals surface area contributed by atoms with Gasteiger partial charge in [-0.2, -0.15) is 12.6 Å². The lowest BCUT2D eigenvalue weighted by molar-refractivity contribution is -0.120. The fraction of sp³-hybridized carbons (Fsp3) is 0.273. The molecule has 1 amide bonds. The van der Waals surface area contributed by atoms with Gasteiger partial charge in [0.25, 0.3) is 0 Å². The first-order valence-electron chi connectivity index (χ1n) is 5.26. The molecule has 0 atom stereocenters. The van der Waals surface area contributed by atoms with Gasteiger partial charge in [0, 0.05) is 22.2 Å². The third-order valence-electron chi connectivity index (χ3n) is 2.14. The molecule has 2 aromatic rings. The number of nitrogens with zero attached hydrogens (tertiary/aromatic N) is 1. The van der Waals surface area contributed by atoms with Gasteiger partial charge >= 0.3 is 0 Å². The molecule has 96 valence electrons. The van der Waals surface area contributed by atoms with Gasteiger partial charge in [-0.1, -0.05) is 0 Å². The topological polar surface area (TPSA) is 42.0 Å². The Balaban J connectivity index is 2.03. The summed E-state index contributed by atoms with van der Waals surface area (Å²) in [5.41, 5.74) is 0.812. The van der Waals surface area contributed by atoms with Crippen molar-refractivity contribution < 1.29 is 4.79 Å². The largest absolute Gasteiger partial charge is 0.355 e. The Morgan fingerprint density at radius 1 is 1.50 bits per heavy atom. The molecule has 2 aromatic heterocycles. The highest BCUT2D eigenvalue weighted by atomic mass is 79.9. The Hall–Kier alpha value is -0.370. The Kier molecular flexibility index (Phi) is 5.23. The molecule has 0 bridgehead atoms. The van der Waals surface area contributed by atoms with Crippen LogP contribution >= 0.6 is 51.2 Å². The van der Waals surface area contributed by atoms with E-state index < -0.39 is 0 Å². The van der Waals surface area contributed by atoms with Crippen molar-refractivity contribution in [2.75, 3.05) is 12.3 Å². The van der Waals surface area contributed by atoms with Crippen molar-refractivity contribution in [1.82, 2.24) is 10.3 Å². The second kappa shape index (κ2) is 6.70. The van der Waals surface area contributed by atoms with E-state index >= 15 is 0 Å². The molecule has 0 radical (unpaired) electrons. The Bertz CT molecular complexity index is 538. The summed E-state index contributed by atoms with van der Waals surface area (Å²) in [6.07, 6.45) is 0.327. The maximum absolute atomic E-state index is 11.5. The standard InChI is InChI=1S/C11H11BrN2OS3/c12-8-1-4-17-10(8)11-14-7(6-18-11)5-9(15)13-2-3-16/h1,4,6,16H,2-3,5H2,(H,13,15). The molecule has 0 aliphatic carbocycles. The predicted octanol–water partition coefficient (Wildman–Crippen LogP) is 3.22. The Morgan fingerprint density at radius 3 is 3.00 bits per heavy atom. The number of amides is 1. The van der Waals surface area contributed by atoms with Crippen molar-refractivity contribution in [2.45, 2.75) is 6.42 Å². The van der Waals surface area contributed by atoms with Crippen LogP contribution in [0.25, 0.3) is 9.88 Å². The lowest BCUT2D eigenvalue weighted by atomic mass is 10.3. The zero-order valence-electron chi connectivity index (χ0n) is 9.35. The van der Waals surface area contributed by atoms with Crippen molar-refractivity contribution in [3.63, 3.8) is 0 Å². The molecule has 7 heteroatoms. The molecule has 0 aromatic carbocycles. The number of thiol groups is 1. The monoisotopic (exact) mass is 362 g/mol. The van der Waals surface area contributed by atoms with Gasteiger partial charge in [0.15, 0.2) is 0 Å². The van der Waals surface area contributed by atoms with E-state index in [0.717, 1.165) is 20.1 Å². The van der Waals surface area contributed by atoms with Crippen molar-refractivity contribution in [3.8, 4) is 9.88 Å². The fourth-order valence-corrected chi connectivity index (χ4v) is 4.11. The van der Waals surface area contributed by atoms with E-state index in [9.17, 15) is 4.79 Å². The summed E-state index contributed by atoms with van der Waals surface area (Å²) in [6.45, 7) is 0.593. The summed E-state index contributed by atoms with van der Waals surface area (Å²) in [5, 5.41) is 7.68. The first-order chi connectivity index (χ1) is 8.70.